The van der Waals surface area contributed by atoms with Crippen molar-refractivity contribution in [3.8, 4) is 0 Å². The van der Waals surface area contributed by atoms with Gasteiger partial charge in [-0.15, -0.1) is 0 Å². The van der Waals surface area contributed by atoms with Gasteiger partial charge in [0.2, 0.25) is 0 Å². The summed E-state index contributed by atoms with van der Waals surface area (Å²) in [5, 5.41) is 1.06. The third kappa shape index (κ3) is 2.33. The number of hydrogen-bond acceptors (Lipinski definition) is 3. The molecule has 2 aromatic rings. The molecule has 6 rings (SSSR count). The van der Waals surface area contributed by atoms with Crippen LogP contribution in [0.4, 0.5) is 0 Å². The number of nitrogens with zero attached hydrogens (tertiary/aromatic N) is 2. The van der Waals surface area contributed by atoms with Gasteiger partial charge in [-0.25, -0.2) is 0 Å². The Bertz CT molecular complexity index is 1010. The zero-order valence-electron chi connectivity index (χ0n) is 17.0. The molecular formula is C24H28N2O3. The van der Waals surface area contributed by atoms with Gasteiger partial charge in [0.25, 0.3) is 5.91 Å². The van der Waals surface area contributed by atoms with Crippen LogP contribution in [0.2, 0.25) is 0 Å². The Kier molecular flexibility index (Phi) is 3.69. The number of ether oxygens (including phenoxy) is 1. The van der Waals surface area contributed by atoms with Gasteiger partial charge in [0.15, 0.2) is 0 Å². The average molecular weight is 392 g/mol. The highest BCUT2D eigenvalue weighted by Crippen LogP contribution is 2.75. The van der Waals surface area contributed by atoms with Crippen LogP contribution in [0.3, 0.4) is 0 Å². The second-order valence-electron chi connectivity index (χ2n) is 9.59. The van der Waals surface area contributed by atoms with Crippen LogP contribution in [0.15, 0.2) is 30.5 Å². The predicted molar refractivity (Wildman–Crippen MR) is 109 cm³/mol. The zero-order chi connectivity index (χ0) is 19.8. The third-order valence-corrected chi connectivity index (χ3v) is 8.45. The van der Waals surface area contributed by atoms with E-state index in [1.807, 2.05) is 37.4 Å². The third-order valence-electron chi connectivity index (χ3n) is 8.45. The van der Waals surface area contributed by atoms with Crippen molar-refractivity contribution in [2.24, 2.45) is 23.2 Å². The largest absolute Gasteiger partial charge is 0.466 e. The molecule has 1 saturated heterocycles. The van der Waals surface area contributed by atoms with Crippen molar-refractivity contribution in [2.75, 3.05) is 13.2 Å². The summed E-state index contributed by atoms with van der Waals surface area (Å²) in [6.45, 7) is 3.78. The van der Waals surface area contributed by atoms with Gasteiger partial charge in [-0.2, -0.15) is 0 Å². The van der Waals surface area contributed by atoms with E-state index in [0.717, 1.165) is 40.8 Å². The average Bonchev–Trinajstić information content (AvgIpc) is 3.29. The monoisotopic (exact) mass is 392 g/mol. The second-order valence-corrected chi connectivity index (χ2v) is 9.59. The van der Waals surface area contributed by atoms with E-state index in [4.69, 9.17) is 4.74 Å². The van der Waals surface area contributed by atoms with Crippen molar-refractivity contribution in [1.29, 1.82) is 0 Å². The van der Waals surface area contributed by atoms with Crippen LogP contribution in [0, 0.1) is 23.2 Å². The number of amides is 1. The summed E-state index contributed by atoms with van der Waals surface area (Å²) in [4.78, 5) is 27.3. The Morgan fingerprint density at radius 3 is 2.86 bits per heavy atom. The molecule has 3 aliphatic carbocycles. The van der Waals surface area contributed by atoms with E-state index in [1.165, 1.54) is 25.7 Å². The fourth-order valence-corrected chi connectivity index (χ4v) is 7.24. The Morgan fingerprint density at radius 1 is 1.17 bits per heavy atom. The molecule has 2 heterocycles. The van der Waals surface area contributed by atoms with Crippen molar-refractivity contribution in [3.63, 3.8) is 0 Å². The summed E-state index contributed by atoms with van der Waals surface area (Å²) in [6.07, 6.45) is 7.72. The molecule has 0 N–H and O–H groups in total. The van der Waals surface area contributed by atoms with E-state index in [0.29, 0.717) is 31.0 Å². The van der Waals surface area contributed by atoms with Gasteiger partial charge in [-0.1, -0.05) is 0 Å². The Morgan fingerprint density at radius 2 is 2.03 bits per heavy atom. The van der Waals surface area contributed by atoms with Crippen LogP contribution in [-0.4, -0.2) is 40.5 Å². The van der Waals surface area contributed by atoms with Gasteiger partial charge in [0.05, 0.1) is 13.0 Å². The molecule has 1 amide bonds. The number of aromatic nitrogens is 1. The lowest BCUT2D eigenvalue weighted by molar-refractivity contribution is -0.191. The van der Waals surface area contributed by atoms with Gasteiger partial charge in [-0.3, -0.25) is 9.59 Å². The number of esters is 1. The number of piperidine rings is 1. The number of aryl methyl sites for hydroxylation is 1. The first-order valence-electron chi connectivity index (χ1n) is 11.2. The van der Waals surface area contributed by atoms with Crippen LogP contribution in [0.1, 0.15) is 49.4 Å². The highest BCUT2D eigenvalue weighted by atomic mass is 16.5. The minimum atomic E-state index is -0.173. The van der Waals surface area contributed by atoms with E-state index >= 15 is 0 Å². The minimum Gasteiger partial charge on any atom is -0.466 e. The molecule has 5 heteroatoms. The first-order valence-corrected chi connectivity index (χ1v) is 11.2. The number of hydrogen-bond donors (Lipinski definition) is 0. The van der Waals surface area contributed by atoms with E-state index < -0.39 is 0 Å². The van der Waals surface area contributed by atoms with Crippen LogP contribution in [0.5, 0.6) is 0 Å². The van der Waals surface area contributed by atoms with Crippen LogP contribution >= 0.6 is 0 Å². The van der Waals surface area contributed by atoms with E-state index in [2.05, 4.69) is 9.47 Å². The summed E-state index contributed by atoms with van der Waals surface area (Å²) in [6, 6.07) is 8.55. The molecule has 4 fully saturated rings. The van der Waals surface area contributed by atoms with Crippen molar-refractivity contribution in [1.82, 2.24) is 9.47 Å². The molecule has 5 nitrogen and oxygen atoms in total. The van der Waals surface area contributed by atoms with E-state index in [1.54, 1.807) is 0 Å². The van der Waals surface area contributed by atoms with E-state index in [9.17, 15) is 9.59 Å². The first-order chi connectivity index (χ1) is 14.1. The normalized spacial score (nSPS) is 33.8. The number of carbonyl (C=O) groups is 2. The topological polar surface area (TPSA) is 51.5 Å². The molecule has 5 atom stereocenters. The van der Waals surface area contributed by atoms with Crippen molar-refractivity contribution in [2.45, 2.75) is 51.6 Å². The molecule has 1 spiro atoms. The summed E-state index contributed by atoms with van der Waals surface area (Å²) in [5.74, 6) is 2.55. The highest BCUT2D eigenvalue weighted by molar-refractivity contribution is 5.98. The Balaban J connectivity index is 1.22. The van der Waals surface area contributed by atoms with E-state index in [-0.39, 0.29) is 11.9 Å². The number of fused-ring (bicyclic) bond motifs is 2. The molecule has 29 heavy (non-hydrogen) atoms. The second kappa shape index (κ2) is 6.10. The fraction of sp³-hybridized carbons (Fsp3) is 0.583. The van der Waals surface area contributed by atoms with Crippen LogP contribution in [0.25, 0.3) is 10.9 Å². The molecule has 152 valence electrons. The molecule has 0 radical (unpaired) electrons. The van der Waals surface area contributed by atoms with Gasteiger partial charge in [-0.05, 0) is 80.0 Å². The molecule has 5 unspecified atom stereocenters. The summed E-state index contributed by atoms with van der Waals surface area (Å²) in [7, 11) is 0. The number of carbonyl (C=O) groups excluding carboxylic acids is 2. The minimum absolute atomic E-state index is 0.173. The molecule has 3 saturated carbocycles. The van der Waals surface area contributed by atoms with Gasteiger partial charge in [0.1, 0.15) is 0 Å². The predicted octanol–water partition coefficient (Wildman–Crippen LogP) is 3.86. The lowest BCUT2D eigenvalue weighted by atomic mass is 9.40. The smallest absolute Gasteiger partial charge is 0.307 e. The lowest BCUT2D eigenvalue weighted by Crippen LogP contribution is -2.71. The standard InChI is InChI=1S/C24H28N2O3/c1-2-29-22(27)6-8-25-7-5-16-10-17(3-4-20(16)25)23(28)26-14-15-9-18-11-19-12-21(26)24(18,19)13-15/h3-5,7,10,15,18-19,21H,2,6,8-9,11-14H2,1H3. The quantitative estimate of drug-likeness (QED) is 0.726. The van der Waals surface area contributed by atoms with Gasteiger partial charge >= 0.3 is 5.97 Å². The maximum atomic E-state index is 13.4. The molecular weight excluding hydrogens is 364 g/mol. The maximum Gasteiger partial charge on any atom is 0.307 e. The lowest BCUT2D eigenvalue weighted by Gasteiger charge is -2.69. The Hall–Kier alpha value is -2.30. The number of benzene rings is 1. The number of likely N-dealkylation sites (tertiary alicyclic amines) is 1. The van der Waals surface area contributed by atoms with Crippen molar-refractivity contribution in [3.05, 3.63) is 36.0 Å². The van der Waals surface area contributed by atoms with Crippen LogP contribution < -0.4 is 0 Å². The van der Waals surface area contributed by atoms with Gasteiger partial charge < -0.3 is 14.2 Å². The SMILES string of the molecule is CCOC(=O)CCn1ccc2cc(C(=O)N3CC4CC5CC6CC3C56C4)ccc21. The maximum absolute atomic E-state index is 13.4. The van der Waals surface area contributed by atoms with Crippen LogP contribution in [-0.2, 0) is 16.1 Å². The fourth-order valence-electron chi connectivity index (χ4n) is 7.24. The van der Waals surface area contributed by atoms with Gasteiger partial charge in [0, 0.05) is 41.8 Å². The zero-order valence-corrected chi connectivity index (χ0v) is 17.0. The molecule has 2 bridgehead atoms. The number of rotatable bonds is 5. The first kappa shape index (κ1) is 17.5. The highest BCUT2D eigenvalue weighted by Gasteiger charge is 2.73. The Labute approximate surface area is 171 Å². The summed E-state index contributed by atoms with van der Waals surface area (Å²) >= 11 is 0. The molecule has 1 aliphatic heterocycles. The molecule has 1 aromatic carbocycles. The molecule has 1 aromatic heterocycles. The summed E-state index contributed by atoms with van der Waals surface area (Å²) < 4.78 is 7.09. The van der Waals surface area contributed by atoms with Crippen molar-refractivity contribution >= 4 is 22.8 Å². The summed E-state index contributed by atoms with van der Waals surface area (Å²) in [5.41, 5.74) is 2.36. The van der Waals surface area contributed by atoms with Crippen molar-refractivity contribution < 1.29 is 14.3 Å². The molecule has 4 aliphatic rings.